The lowest BCUT2D eigenvalue weighted by atomic mass is 9.90. The zero-order chi connectivity index (χ0) is 15.4. The Morgan fingerprint density at radius 1 is 1.27 bits per heavy atom. The second-order valence-corrected chi connectivity index (χ2v) is 5.79. The zero-order valence-electron chi connectivity index (χ0n) is 13.0. The van der Waals surface area contributed by atoms with Gasteiger partial charge in [-0.3, -0.25) is 4.79 Å². The molecule has 0 radical (unpaired) electrons. The van der Waals surface area contributed by atoms with Crippen molar-refractivity contribution in [2.75, 3.05) is 26.9 Å². The van der Waals surface area contributed by atoms with E-state index in [4.69, 9.17) is 14.2 Å². The van der Waals surface area contributed by atoms with Crippen molar-refractivity contribution in [2.24, 2.45) is 0 Å². The molecule has 2 atom stereocenters. The van der Waals surface area contributed by atoms with Crippen LogP contribution in [0.2, 0.25) is 0 Å². The molecule has 0 bridgehead atoms. The first-order valence-electron chi connectivity index (χ1n) is 7.96. The molecule has 1 amide bonds. The van der Waals surface area contributed by atoms with Gasteiger partial charge < -0.3 is 19.1 Å². The van der Waals surface area contributed by atoms with E-state index in [-0.39, 0.29) is 24.7 Å². The minimum atomic E-state index is 0.0334. The van der Waals surface area contributed by atoms with Gasteiger partial charge in [0.15, 0.2) is 18.1 Å². The van der Waals surface area contributed by atoms with Gasteiger partial charge in [-0.2, -0.15) is 0 Å². The Balaban J connectivity index is 1.61. The van der Waals surface area contributed by atoms with Gasteiger partial charge in [0.05, 0.1) is 25.9 Å². The number of methoxy groups -OCH3 is 1. The molecule has 120 valence electrons. The minimum absolute atomic E-state index is 0.0334. The summed E-state index contributed by atoms with van der Waals surface area (Å²) in [6.07, 6.45) is 4.66. The van der Waals surface area contributed by atoms with E-state index in [0.717, 1.165) is 12.8 Å². The van der Waals surface area contributed by atoms with Crippen LogP contribution < -0.4 is 9.47 Å². The second kappa shape index (κ2) is 7.01. The monoisotopic (exact) mass is 305 g/mol. The van der Waals surface area contributed by atoms with Crippen LogP contribution in [0.4, 0.5) is 0 Å². The fourth-order valence-corrected chi connectivity index (χ4v) is 3.37. The standard InChI is InChI=1S/C17H23NO4/c1-20-15-8-4-5-9-16(15)22-12-17(19)18-10-11-21-14-7-3-2-6-13(14)18/h4-5,8-9,13-14H,2-3,6-7,10-12H2,1H3. The van der Waals surface area contributed by atoms with E-state index in [2.05, 4.69) is 0 Å². The Labute approximate surface area is 131 Å². The quantitative estimate of drug-likeness (QED) is 0.856. The van der Waals surface area contributed by atoms with Crippen LogP contribution in [0.3, 0.4) is 0 Å². The van der Waals surface area contributed by atoms with Gasteiger partial charge in [-0.25, -0.2) is 0 Å². The third kappa shape index (κ3) is 3.19. The highest BCUT2D eigenvalue weighted by atomic mass is 16.5. The maximum absolute atomic E-state index is 12.5. The number of amides is 1. The number of carbonyl (C=O) groups is 1. The Morgan fingerprint density at radius 3 is 2.86 bits per heavy atom. The predicted molar refractivity (Wildman–Crippen MR) is 82.2 cm³/mol. The van der Waals surface area contributed by atoms with E-state index in [1.54, 1.807) is 7.11 Å². The molecule has 5 nitrogen and oxygen atoms in total. The van der Waals surface area contributed by atoms with Gasteiger partial charge in [0.1, 0.15) is 0 Å². The summed E-state index contributed by atoms with van der Waals surface area (Å²) in [7, 11) is 1.60. The molecule has 1 aliphatic heterocycles. The van der Waals surface area contributed by atoms with Crippen LogP contribution in [0.1, 0.15) is 25.7 Å². The first-order valence-corrected chi connectivity index (χ1v) is 7.96. The van der Waals surface area contributed by atoms with E-state index in [1.807, 2.05) is 29.2 Å². The average molecular weight is 305 g/mol. The topological polar surface area (TPSA) is 48.0 Å². The summed E-state index contributed by atoms with van der Waals surface area (Å²) in [6, 6.07) is 7.60. The van der Waals surface area contributed by atoms with Gasteiger partial charge in [-0.1, -0.05) is 25.0 Å². The molecular formula is C17H23NO4. The number of rotatable bonds is 4. The molecule has 3 rings (SSSR count). The van der Waals surface area contributed by atoms with E-state index in [9.17, 15) is 4.79 Å². The maximum atomic E-state index is 12.5. The van der Waals surface area contributed by atoms with E-state index >= 15 is 0 Å². The minimum Gasteiger partial charge on any atom is -0.493 e. The number of hydrogen-bond acceptors (Lipinski definition) is 4. The first kappa shape index (κ1) is 15.2. The molecule has 2 unspecified atom stereocenters. The van der Waals surface area contributed by atoms with E-state index in [0.29, 0.717) is 24.7 Å². The van der Waals surface area contributed by atoms with Gasteiger partial charge in [0.2, 0.25) is 0 Å². The van der Waals surface area contributed by atoms with Gasteiger partial charge >= 0.3 is 0 Å². The Bertz CT molecular complexity index is 517. The lowest BCUT2D eigenvalue weighted by Gasteiger charge is -2.43. The third-order valence-corrected chi connectivity index (χ3v) is 4.47. The van der Waals surface area contributed by atoms with Gasteiger partial charge in [-0.15, -0.1) is 0 Å². The maximum Gasteiger partial charge on any atom is 0.260 e. The number of ether oxygens (including phenoxy) is 3. The molecule has 0 N–H and O–H groups in total. The highest BCUT2D eigenvalue weighted by Crippen LogP contribution is 2.29. The van der Waals surface area contributed by atoms with Crippen molar-refractivity contribution >= 4 is 5.91 Å². The molecule has 0 spiro atoms. The van der Waals surface area contributed by atoms with E-state index in [1.165, 1.54) is 12.8 Å². The van der Waals surface area contributed by atoms with Crippen LogP contribution in [0.15, 0.2) is 24.3 Å². The van der Waals surface area contributed by atoms with Crippen molar-refractivity contribution in [3.8, 4) is 11.5 Å². The molecule has 1 saturated carbocycles. The molecule has 1 heterocycles. The van der Waals surface area contributed by atoms with Crippen molar-refractivity contribution in [1.29, 1.82) is 0 Å². The number of benzene rings is 1. The van der Waals surface area contributed by atoms with Gasteiger partial charge in [0.25, 0.3) is 5.91 Å². The molecule has 2 fully saturated rings. The summed E-state index contributed by atoms with van der Waals surface area (Å²) in [4.78, 5) is 14.5. The molecule has 1 saturated heterocycles. The lowest BCUT2D eigenvalue weighted by molar-refractivity contribution is -0.151. The average Bonchev–Trinajstić information content (AvgIpc) is 2.59. The van der Waals surface area contributed by atoms with E-state index < -0.39 is 0 Å². The summed E-state index contributed by atoms with van der Waals surface area (Å²) in [5.74, 6) is 1.28. The SMILES string of the molecule is COc1ccccc1OCC(=O)N1CCOC2CCCCC21. The van der Waals surface area contributed by atoms with Crippen molar-refractivity contribution in [2.45, 2.75) is 37.8 Å². The number of hydrogen-bond donors (Lipinski definition) is 0. The fraction of sp³-hybridized carbons (Fsp3) is 0.588. The number of nitrogens with zero attached hydrogens (tertiary/aromatic N) is 1. The molecule has 1 aromatic carbocycles. The molecule has 2 aliphatic rings. The normalized spacial score (nSPS) is 24.5. The Hall–Kier alpha value is -1.75. The smallest absolute Gasteiger partial charge is 0.260 e. The van der Waals surface area contributed by atoms with Crippen LogP contribution in [0, 0.1) is 0 Å². The molecule has 1 aliphatic carbocycles. The van der Waals surface area contributed by atoms with Crippen LogP contribution in [0.5, 0.6) is 11.5 Å². The van der Waals surface area contributed by atoms with Crippen LogP contribution in [-0.4, -0.2) is 49.8 Å². The van der Waals surface area contributed by atoms with Crippen molar-refractivity contribution in [1.82, 2.24) is 4.90 Å². The lowest BCUT2D eigenvalue weighted by Crippen LogP contribution is -2.55. The Kier molecular flexibility index (Phi) is 4.83. The first-order chi connectivity index (χ1) is 10.8. The zero-order valence-corrected chi connectivity index (χ0v) is 13.0. The van der Waals surface area contributed by atoms with Crippen molar-refractivity contribution < 1.29 is 19.0 Å². The van der Waals surface area contributed by atoms with Gasteiger partial charge in [0, 0.05) is 6.54 Å². The largest absolute Gasteiger partial charge is 0.493 e. The number of para-hydroxylation sites is 2. The van der Waals surface area contributed by atoms with Crippen molar-refractivity contribution in [3.63, 3.8) is 0 Å². The molecule has 5 heteroatoms. The predicted octanol–water partition coefficient (Wildman–Crippen LogP) is 2.24. The Morgan fingerprint density at radius 2 is 2.05 bits per heavy atom. The summed E-state index contributed by atoms with van der Waals surface area (Å²) >= 11 is 0. The van der Waals surface area contributed by atoms with Gasteiger partial charge in [-0.05, 0) is 25.0 Å². The van der Waals surface area contributed by atoms with Crippen molar-refractivity contribution in [3.05, 3.63) is 24.3 Å². The summed E-state index contributed by atoms with van der Waals surface area (Å²) in [5, 5.41) is 0. The number of morpholine rings is 1. The third-order valence-electron chi connectivity index (χ3n) is 4.47. The fourth-order valence-electron chi connectivity index (χ4n) is 3.37. The molecule has 22 heavy (non-hydrogen) atoms. The highest BCUT2D eigenvalue weighted by Gasteiger charge is 2.36. The highest BCUT2D eigenvalue weighted by molar-refractivity contribution is 5.78. The number of fused-ring (bicyclic) bond motifs is 1. The molecule has 1 aromatic rings. The van der Waals surface area contributed by atoms with Crippen LogP contribution >= 0.6 is 0 Å². The van der Waals surface area contributed by atoms with Crippen LogP contribution in [0.25, 0.3) is 0 Å². The number of carbonyl (C=O) groups excluding carboxylic acids is 1. The molecular weight excluding hydrogens is 282 g/mol. The summed E-state index contributed by atoms with van der Waals surface area (Å²) in [6.45, 7) is 1.33. The summed E-state index contributed by atoms with van der Waals surface area (Å²) < 4.78 is 16.7. The molecule has 0 aromatic heterocycles. The second-order valence-electron chi connectivity index (χ2n) is 5.79. The summed E-state index contributed by atoms with van der Waals surface area (Å²) in [5.41, 5.74) is 0. The van der Waals surface area contributed by atoms with Crippen LogP contribution in [-0.2, 0) is 9.53 Å².